The fraction of sp³-hybridized carbons (Fsp3) is 0.429. The summed E-state index contributed by atoms with van der Waals surface area (Å²) in [7, 11) is 0. The van der Waals surface area contributed by atoms with E-state index < -0.39 is 0 Å². The molecule has 0 N–H and O–H groups in total. The fourth-order valence-electron chi connectivity index (χ4n) is 3.82. The van der Waals surface area contributed by atoms with Crippen molar-refractivity contribution in [1.29, 1.82) is 0 Å². The van der Waals surface area contributed by atoms with Gasteiger partial charge in [0.1, 0.15) is 5.82 Å². The van der Waals surface area contributed by atoms with Gasteiger partial charge in [0, 0.05) is 26.2 Å². The van der Waals surface area contributed by atoms with Gasteiger partial charge in [-0.25, -0.2) is 8.91 Å². The fourth-order valence-corrected chi connectivity index (χ4v) is 3.82. The molecule has 0 spiro atoms. The number of nitrogens with zero attached hydrogens (tertiary/aromatic N) is 6. The maximum absolute atomic E-state index is 13.4. The molecule has 0 aliphatic carbocycles. The second kappa shape index (κ2) is 7.87. The Hall–Kier alpha value is -2.87. The van der Waals surface area contributed by atoms with Crippen molar-refractivity contribution in [2.75, 3.05) is 32.7 Å². The van der Waals surface area contributed by atoms with Gasteiger partial charge in [-0.2, -0.15) is 5.10 Å². The lowest BCUT2D eigenvalue weighted by molar-refractivity contribution is 0.0634. The lowest BCUT2D eigenvalue weighted by Crippen LogP contribution is -2.48. The second-order valence-electron chi connectivity index (χ2n) is 7.28. The molecule has 1 aliphatic heterocycles. The Labute approximate surface area is 169 Å². The summed E-state index contributed by atoms with van der Waals surface area (Å²) in [6.45, 7) is 10.1. The number of carbonyl (C=O) groups excluding carboxylic acids is 1. The van der Waals surface area contributed by atoms with Crippen LogP contribution in [0.5, 0.6) is 0 Å². The van der Waals surface area contributed by atoms with E-state index in [0.29, 0.717) is 36.5 Å². The molecule has 3 heterocycles. The first kappa shape index (κ1) is 19.4. The molecule has 1 saturated heterocycles. The van der Waals surface area contributed by atoms with Crippen molar-refractivity contribution >= 4 is 11.6 Å². The van der Waals surface area contributed by atoms with E-state index in [1.807, 2.05) is 18.7 Å². The number of aromatic nitrogens is 4. The predicted octanol–water partition coefficient (Wildman–Crippen LogP) is 2.58. The third-order valence-electron chi connectivity index (χ3n) is 5.62. The van der Waals surface area contributed by atoms with Gasteiger partial charge in [0.15, 0.2) is 11.3 Å². The average molecular weight is 396 g/mol. The summed E-state index contributed by atoms with van der Waals surface area (Å²) in [5.41, 5.74) is 4.09. The van der Waals surface area contributed by atoms with E-state index >= 15 is 0 Å². The van der Waals surface area contributed by atoms with Crippen LogP contribution in [0.3, 0.4) is 0 Å². The number of carbonyl (C=O) groups is 1. The highest BCUT2D eigenvalue weighted by Crippen LogP contribution is 2.29. The number of benzene rings is 1. The number of rotatable bonds is 4. The summed E-state index contributed by atoms with van der Waals surface area (Å²) in [6, 6.07) is 6.28. The van der Waals surface area contributed by atoms with Gasteiger partial charge >= 0.3 is 0 Å². The van der Waals surface area contributed by atoms with Gasteiger partial charge in [-0.3, -0.25) is 4.79 Å². The first-order valence-electron chi connectivity index (χ1n) is 10.1. The van der Waals surface area contributed by atoms with E-state index in [2.05, 4.69) is 27.1 Å². The van der Waals surface area contributed by atoms with Crippen LogP contribution in [0, 0.1) is 12.7 Å². The molecule has 2 aromatic heterocycles. The van der Waals surface area contributed by atoms with Gasteiger partial charge in [-0.1, -0.05) is 26.0 Å². The smallest absolute Gasteiger partial charge is 0.276 e. The highest BCUT2D eigenvalue weighted by molar-refractivity contribution is 5.93. The van der Waals surface area contributed by atoms with Crippen LogP contribution in [-0.4, -0.2) is 68.2 Å². The summed E-state index contributed by atoms with van der Waals surface area (Å²) >= 11 is 0. The second-order valence-corrected chi connectivity index (χ2v) is 7.28. The van der Waals surface area contributed by atoms with E-state index in [-0.39, 0.29) is 11.7 Å². The number of hydrogen-bond donors (Lipinski definition) is 0. The van der Waals surface area contributed by atoms with Gasteiger partial charge in [0.05, 0.1) is 17.0 Å². The first-order chi connectivity index (χ1) is 14.0. The maximum atomic E-state index is 13.4. The van der Waals surface area contributed by atoms with Gasteiger partial charge < -0.3 is 9.80 Å². The molecule has 8 heteroatoms. The standard InChI is InChI=1S/C21H25FN6O/c1-4-17-18(15-6-8-16(22)9-7-15)20-24-23-19(14(3)28(20)25-17)21(29)27-12-10-26(5-2)11-13-27/h6-9H,4-5,10-13H2,1-3H3. The van der Waals surface area contributed by atoms with Crippen LogP contribution in [0.15, 0.2) is 24.3 Å². The third-order valence-corrected chi connectivity index (χ3v) is 5.62. The molecule has 1 aromatic carbocycles. The van der Waals surface area contributed by atoms with Crippen LogP contribution in [0.1, 0.15) is 35.7 Å². The highest BCUT2D eigenvalue weighted by Gasteiger charge is 2.26. The van der Waals surface area contributed by atoms with Crippen molar-refractivity contribution in [3.63, 3.8) is 0 Å². The molecule has 4 rings (SSSR count). The number of halogens is 1. The van der Waals surface area contributed by atoms with Crippen molar-refractivity contribution < 1.29 is 9.18 Å². The summed E-state index contributed by atoms with van der Waals surface area (Å²) in [5.74, 6) is -0.397. The molecule has 0 bridgehead atoms. The van der Waals surface area contributed by atoms with Crippen molar-refractivity contribution in [2.24, 2.45) is 0 Å². The van der Waals surface area contributed by atoms with Crippen LogP contribution in [0.4, 0.5) is 4.39 Å². The number of likely N-dealkylation sites (N-methyl/N-ethyl adjacent to an activating group) is 1. The van der Waals surface area contributed by atoms with Crippen molar-refractivity contribution in [1.82, 2.24) is 29.6 Å². The normalized spacial score (nSPS) is 15.2. The van der Waals surface area contributed by atoms with E-state index in [1.165, 1.54) is 12.1 Å². The third kappa shape index (κ3) is 3.48. The molecule has 1 amide bonds. The van der Waals surface area contributed by atoms with E-state index in [0.717, 1.165) is 36.5 Å². The van der Waals surface area contributed by atoms with Crippen LogP contribution in [-0.2, 0) is 6.42 Å². The summed E-state index contributed by atoms with van der Waals surface area (Å²) in [5, 5.41) is 13.3. The quantitative estimate of drug-likeness (QED) is 0.678. The molecule has 0 unspecified atom stereocenters. The van der Waals surface area contributed by atoms with Crippen molar-refractivity contribution in [3.8, 4) is 11.1 Å². The van der Waals surface area contributed by atoms with E-state index in [4.69, 9.17) is 0 Å². The summed E-state index contributed by atoms with van der Waals surface area (Å²) in [6.07, 6.45) is 0.692. The van der Waals surface area contributed by atoms with Crippen LogP contribution < -0.4 is 0 Å². The van der Waals surface area contributed by atoms with E-state index in [1.54, 1.807) is 16.6 Å². The molecule has 1 aliphatic rings. The zero-order chi connectivity index (χ0) is 20.5. The van der Waals surface area contributed by atoms with E-state index in [9.17, 15) is 9.18 Å². The minimum atomic E-state index is -0.290. The molecule has 3 aromatic rings. The Morgan fingerprint density at radius 3 is 2.38 bits per heavy atom. The largest absolute Gasteiger partial charge is 0.335 e. The lowest BCUT2D eigenvalue weighted by atomic mass is 10.0. The Morgan fingerprint density at radius 1 is 1.07 bits per heavy atom. The number of fused-ring (bicyclic) bond motifs is 1. The number of hydrogen-bond acceptors (Lipinski definition) is 5. The molecule has 7 nitrogen and oxygen atoms in total. The topological polar surface area (TPSA) is 66.6 Å². The molecule has 1 fully saturated rings. The molecular formula is C21H25FN6O. The molecular weight excluding hydrogens is 371 g/mol. The number of piperazine rings is 1. The van der Waals surface area contributed by atoms with Gasteiger partial charge in [0.25, 0.3) is 5.91 Å². The first-order valence-corrected chi connectivity index (χ1v) is 10.1. The average Bonchev–Trinajstić information content (AvgIpc) is 3.14. The van der Waals surface area contributed by atoms with Gasteiger partial charge in [-0.05, 0) is 37.6 Å². The predicted molar refractivity (Wildman–Crippen MR) is 108 cm³/mol. The Kier molecular flexibility index (Phi) is 5.27. The van der Waals surface area contributed by atoms with Gasteiger partial charge in [0.2, 0.25) is 0 Å². The maximum Gasteiger partial charge on any atom is 0.276 e. The summed E-state index contributed by atoms with van der Waals surface area (Å²) < 4.78 is 15.1. The molecule has 0 atom stereocenters. The zero-order valence-corrected chi connectivity index (χ0v) is 17.0. The molecule has 0 radical (unpaired) electrons. The monoisotopic (exact) mass is 396 g/mol. The van der Waals surface area contributed by atoms with Crippen molar-refractivity contribution in [3.05, 3.63) is 47.2 Å². The Balaban J connectivity index is 1.73. The SMILES string of the molecule is CCc1nn2c(C)c(C(=O)N3CCN(CC)CC3)nnc2c1-c1ccc(F)cc1. The zero-order valence-electron chi connectivity index (χ0n) is 17.0. The van der Waals surface area contributed by atoms with Crippen LogP contribution >= 0.6 is 0 Å². The molecule has 152 valence electrons. The van der Waals surface area contributed by atoms with Crippen molar-refractivity contribution in [2.45, 2.75) is 27.2 Å². The lowest BCUT2D eigenvalue weighted by Gasteiger charge is -2.33. The number of aryl methyl sites for hydroxylation is 2. The van der Waals surface area contributed by atoms with Crippen LogP contribution in [0.2, 0.25) is 0 Å². The van der Waals surface area contributed by atoms with Crippen LogP contribution in [0.25, 0.3) is 16.8 Å². The highest BCUT2D eigenvalue weighted by atomic mass is 19.1. The Bertz CT molecular complexity index is 1040. The summed E-state index contributed by atoms with van der Waals surface area (Å²) in [4.78, 5) is 17.2. The Morgan fingerprint density at radius 2 is 1.76 bits per heavy atom. The minimum absolute atomic E-state index is 0.107. The number of amides is 1. The molecule has 29 heavy (non-hydrogen) atoms. The minimum Gasteiger partial charge on any atom is -0.335 e. The molecule has 0 saturated carbocycles. The van der Waals surface area contributed by atoms with Gasteiger partial charge in [-0.15, -0.1) is 10.2 Å².